The van der Waals surface area contributed by atoms with E-state index in [4.69, 9.17) is 0 Å². The summed E-state index contributed by atoms with van der Waals surface area (Å²) in [7, 11) is 0. The normalized spacial score (nSPS) is 14.9. The molecule has 2 N–H and O–H groups in total. The maximum atomic E-state index is 9.81. The zero-order valence-corrected chi connectivity index (χ0v) is 10.3. The molecule has 0 saturated heterocycles. The first-order valence-electron chi connectivity index (χ1n) is 6.15. The highest BCUT2D eigenvalue weighted by Gasteiger charge is 2.09. The molecule has 92 valence electrons. The van der Waals surface area contributed by atoms with E-state index in [-0.39, 0.29) is 6.10 Å². The van der Waals surface area contributed by atoms with E-state index in [0.717, 1.165) is 6.42 Å². The fraction of sp³-hybridized carbons (Fsp3) is 0.750. The van der Waals surface area contributed by atoms with Gasteiger partial charge in [-0.25, -0.2) is 0 Å². The molecule has 1 heterocycles. The van der Waals surface area contributed by atoms with Crippen LogP contribution in [0.2, 0.25) is 0 Å². The summed E-state index contributed by atoms with van der Waals surface area (Å²) in [6.45, 7) is 5.55. The lowest BCUT2D eigenvalue weighted by Crippen LogP contribution is -2.37. The SMILES string of the molecule is CCCC(CC)NCC(O)Cn1cccn1. The Morgan fingerprint density at radius 1 is 1.44 bits per heavy atom. The maximum Gasteiger partial charge on any atom is 0.0860 e. The number of aliphatic hydroxyl groups is 1. The number of nitrogens with zero attached hydrogens (tertiary/aromatic N) is 2. The summed E-state index contributed by atoms with van der Waals surface area (Å²) in [6, 6.07) is 2.39. The van der Waals surface area contributed by atoms with Gasteiger partial charge in [0.05, 0.1) is 12.6 Å². The third kappa shape index (κ3) is 4.77. The van der Waals surface area contributed by atoms with Gasteiger partial charge in [0, 0.05) is 25.0 Å². The van der Waals surface area contributed by atoms with Gasteiger partial charge in [0.25, 0.3) is 0 Å². The van der Waals surface area contributed by atoms with Crippen LogP contribution in [0, 0.1) is 0 Å². The van der Waals surface area contributed by atoms with Crippen molar-refractivity contribution in [3.05, 3.63) is 18.5 Å². The van der Waals surface area contributed by atoms with Gasteiger partial charge in [0.2, 0.25) is 0 Å². The molecule has 1 aromatic rings. The summed E-state index contributed by atoms with van der Waals surface area (Å²) in [6.07, 6.45) is 6.69. The predicted molar refractivity (Wildman–Crippen MR) is 65.2 cm³/mol. The number of hydrogen-bond acceptors (Lipinski definition) is 3. The smallest absolute Gasteiger partial charge is 0.0860 e. The standard InChI is InChI=1S/C12H23N3O/c1-3-6-11(4-2)13-9-12(16)10-15-8-5-7-14-15/h5,7-8,11-13,16H,3-4,6,9-10H2,1-2H3. The highest BCUT2D eigenvalue weighted by atomic mass is 16.3. The van der Waals surface area contributed by atoms with E-state index >= 15 is 0 Å². The number of rotatable bonds is 8. The van der Waals surface area contributed by atoms with Crippen molar-refractivity contribution in [1.29, 1.82) is 0 Å². The van der Waals surface area contributed by atoms with Crippen molar-refractivity contribution >= 4 is 0 Å². The second-order valence-electron chi connectivity index (χ2n) is 4.18. The van der Waals surface area contributed by atoms with E-state index in [1.807, 2.05) is 12.3 Å². The molecular formula is C12H23N3O. The van der Waals surface area contributed by atoms with Crippen molar-refractivity contribution in [2.75, 3.05) is 6.54 Å². The molecule has 0 aliphatic carbocycles. The molecule has 0 aliphatic rings. The molecule has 0 amide bonds. The first-order valence-corrected chi connectivity index (χ1v) is 6.15. The van der Waals surface area contributed by atoms with Crippen molar-refractivity contribution in [1.82, 2.24) is 15.1 Å². The Hall–Kier alpha value is -0.870. The molecule has 1 rings (SSSR count). The molecule has 1 aromatic heterocycles. The Bertz CT molecular complexity index is 261. The van der Waals surface area contributed by atoms with E-state index in [1.54, 1.807) is 10.9 Å². The Kier molecular flexibility index (Phi) is 6.11. The van der Waals surface area contributed by atoms with Gasteiger partial charge in [0.1, 0.15) is 0 Å². The van der Waals surface area contributed by atoms with Gasteiger partial charge in [0.15, 0.2) is 0 Å². The summed E-state index contributed by atoms with van der Waals surface area (Å²) >= 11 is 0. The van der Waals surface area contributed by atoms with Gasteiger partial charge in [-0.05, 0) is 18.9 Å². The highest BCUT2D eigenvalue weighted by Crippen LogP contribution is 2.01. The lowest BCUT2D eigenvalue weighted by Gasteiger charge is -2.18. The fourth-order valence-corrected chi connectivity index (χ4v) is 1.79. The van der Waals surface area contributed by atoms with E-state index < -0.39 is 0 Å². The summed E-state index contributed by atoms with van der Waals surface area (Å²) < 4.78 is 1.76. The number of nitrogens with one attached hydrogen (secondary N) is 1. The third-order valence-electron chi connectivity index (χ3n) is 2.73. The van der Waals surface area contributed by atoms with Crippen LogP contribution in [0.15, 0.2) is 18.5 Å². The third-order valence-corrected chi connectivity index (χ3v) is 2.73. The van der Waals surface area contributed by atoms with Crippen LogP contribution in [-0.2, 0) is 6.54 Å². The number of aromatic nitrogens is 2. The van der Waals surface area contributed by atoms with Crippen molar-refractivity contribution in [3.8, 4) is 0 Å². The molecule has 0 fully saturated rings. The Balaban J connectivity index is 2.21. The number of hydrogen-bond donors (Lipinski definition) is 2. The van der Waals surface area contributed by atoms with Crippen LogP contribution in [-0.4, -0.2) is 33.6 Å². The van der Waals surface area contributed by atoms with Crippen LogP contribution in [0.1, 0.15) is 33.1 Å². The predicted octanol–water partition coefficient (Wildman–Crippen LogP) is 1.41. The fourth-order valence-electron chi connectivity index (χ4n) is 1.79. The summed E-state index contributed by atoms with van der Waals surface area (Å²) in [5, 5.41) is 17.3. The van der Waals surface area contributed by atoms with Gasteiger partial charge >= 0.3 is 0 Å². The minimum Gasteiger partial charge on any atom is -0.390 e. The van der Waals surface area contributed by atoms with Crippen molar-refractivity contribution in [2.24, 2.45) is 0 Å². The van der Waals surface area contributed by atoms with E-state index in [1.165, 1.54) is 12.8 Å². The highest BCUT2D eigenvalue weighted by molar-refractivity contribution is 4.79. The number of aliphatic hydroxyl groups excluding tert-OH is 1. The van der Waals surface area contributed by atoms with Crippen LogP contribution in [0.25, 0.3) is 0 Å². The van der Waals surface area contributed by atoms with Gasteiger partial charge < -0.3 is 10.4 Å². The molecule has 0 bridgehead atoms. The molecule has 2 unspecified atom stereocenters. The Labute approximate surface area is 97.7 Å². The topological polar surface area (TPSA) is 50.1 Å². The van der Waals surface area contributed by atoms with Crippen LogP contribution >= 0.6 is 0 Å². The van der Waals surface area contributed by atoms with Crippen molar-refractivity contribution in [3.63, 3.8) is 0 Å². The molecule has 0 spiro atoms. The zero-order chi connectivity index (χ0) is 11.8. The minimum absolute atomic E-state index is 0.370. The van der Waals surface area contributed by atoms with Crippen LogP contribution in [0.5, 0.6) is 0 Å². The lowest BCUT2D eigenvalue weighted by molar-refractivity contribution is 0.142. The van der Waals surface area contributed by atoms with Crippen molar-refractivity contribution in [2.45, 2.75) is 51.8 Å². The second-order valence-corrected chi connectivity index (χ2v) is 4.18. The Morgan fingerprint density at radius 2 is 2.25 bits per heavy atom. The molecule has 2 atom stereocenters. The molecule has 0 aromatic carbocycles. The molecule has 0 saturated carbocycles. The first kappa shape index (κ1) is 13.2. The van der Waals surface area contributed by atoms with E-state index in [0.29, 0.717) is 19.1 Å². The monoisotopic (exact) mass is 225 g/mol. The molecule has 4 heteroatoms. The first-order chi connectivity index (χ1) is 7.76. The van der Waals surface area contributed by atoms with Gasteiger partial charge in [-0.15, -0.1) is 0 Å². The minimum atomic E-state index is -0.370. The maximum absolute atomic E-state index is 9.81. The summed E-state index contributed by atoms with van der Waals surface area (Å²) in [4.78, 5) is 0. The summed E-state index contributed by atoms with van der Waals surface area (Å²) in [5.74, 6) is 0. The largest absolute Gasteiger partial charge is 0.390 e. The van der Waals surface area contributed by atoms with Crippen molar-refractivity contribution < 1.29 is 5.11 Å². The molecule has 4 nitrogen and oxygen atoms in total. The van der Waals surface area contributed by atoms with Crippen LogP contribution in [0.3, 0.4) is 0 Å². The van der Waals surface area contributed by atoms with E-state index in [9.17, 15) is 5.11 Å². The molecule has 0 aliphatic heterocycles. The molecule has 16 heavy (non-hydrogen) atoms. The molecular weight excluding hydrogens is 202 g/mol. The van der Waals surface area contributed by atoms with Gasteiger partial charge in [-0.1, -0.05) is 20.3 Å². The van der Waals surface area contributed by atoms with Crippen LogP contribution in [0.4, 0.5) is 0 Å². The van der Waals surface area contributed by atoms with E-state index in [2.05, 4.69) is 24.3 Å². The lowest BCUT2D eigenvalue weighted by atomic mass is 10.1. The van der Waals surface area contributed by atoms with Crippen LogP contribution < -0.4 is 5.32 Å². The van der Waals surface area contributed by atoms with Gasteiger partial charge in [-0.2, -0.15) is 5.10 Å². The second kappa shape index (κ2) is 7.41. The summed E-state index contributed by atoms with van der Waals surface area (Å²) in [5.41, 5.74) is 0. The quantitative estimate of drug-likeness (QED) is 0.703. The Morgan fingerprint density at radius 3 is 2.81 bits per heavy atom. The zero-order valence-electron chi connectivity index (χ0n) is 10.3. The molecule has 0 radical (unpaired) electrons. The average molecular weight is 225 g/mol. The van der Waals surface area contributed by atoms with Gasteiger partial charge in [-0.3, -0.25) is 4.68 Å². The average Bonchev–Trinajstić information content (AvgIpc) is 2.76.